The maximum absolute atomic E-state index is 9.03. The number of nitrogens with zero attached hydrogens (tertiary/aromatic N) is 3. The zero-order valence-electron chi connectivity index (χ0n) is 7.91. The highest BCUT2D eigenvalue weighted by atomic mass is 35.5. The molecule has 0 aromatic carbocycles. The second-order valence-corrected chi connectivity index (χ2v) is 3.88. The van der Waals surface area contributed by atoms with E-state index in [9.17, 15) is 0 Å². The van der Waals surface area contributed by atoms with Crippen LogP contribution in [0.1, 0.15) is 6.92 Å². The van der Waals surface area contributed by atoms with Gasteiger partial charge < -0.3 is 15.5 Å². The summed E-state index contributed by atoms with van der Waals surface area (Å²) in [5.74, 6) is 0.102. The highest BCUT2D eigenvalue weighted by Crippen LogP contribution is 2.14. The molecule has 0 atom stereocenters. The molecule has 15 heavy (non-hydrogen) atoms. The summed E-state index contributed by atoms with van der Waals surface area (Å²) in [5, 5.41) is 20.6. The van der Waals surface area contributed by atoms with Gasteiger partial charge in [-0.2, -0.15) is 15.0 Å². The van der Waals surface area contributed by atoms with Gasteiger partial charge in [0.15, 0.2) is 0 Å². The quantitative estimate of drug-likeness (QED) is 0.716. The van der Waals surface area contributed by atoms with Crippen molar-refractivity contribution >= 4 is 29.2 Å². The molecule has 6 nitrogen and oxygen atoms in total. The fraction of sp³-hybridized carbons (Fsp3) is 0.571. The van der Waals surface area contributed by atoms with Crippen LogP contribution in [-0.2, 0) is 0 Å². The highest BCUT2D eigenvalue weighted by Gasteiger charge is 2.23. The Morgan fingerprint density at radius 1 is 1.13 bits per heavy atom. The second-order valence-electron chi connectivity index (χ2n) is 3.20. The number of hydrogen-bond donors (Lipinski definition) is 3. The average Bonchev–Trinajstić information content (AvgIpc) is 2.16. The number of rotatable bonds is 4. The van der Waals surface area contributed by atoms with Gasteiger partial charge in [-0.15, -0.1) is 0 Å². The van der Waals surface area contributed by atoms with Crippen LogP contribution in [0.3, 0.4) is 0 Å². The Kier molecular flexibility index (Phi) is 4.04. The molecule has 0 saturated heterocycles. The topological polar surface area (TPSA) is 91.2 Å². The SMILES string of the molecule is CC(CO)(CO)Nc1nc(Cl)nc(Cl)n1. The fourth-order valence-electron chi connectivity index (χ4n) is 0.781. The molecule has 8 heteroatoms. The third-order valence-corrected chi connectivity index (χ3v) is 2.03. The van der Waals surface area contributed by atoms with Gasteiger partial charge in [0.25, 0.3) is 0 Å². The first kappa shape index (κ1) is 12.4. The van der Waals surface area contributed by atoms with Gasteiger partial charge in [-0.25, -0.2) is 0 Å². The van der Waals surface area contributed by atoms with E-state index < -0.39 is 5.54 Å². The lowest BCUT2D eigenvalue weighted by Gasteiger charge is -2.25. The molecule has 84 valence electrons. The van der Waals surface area contributed by atoms with Crippen molar-refractivity contribution in [3.63, 3.8) is 0 Å². The van der Waals surface area contributed by atoms with E-state index in [-0.39, 0.29) is 29.7 Å². The van der Waals surface area contributed by atoms with E-state index >= 15 is 0 Å². The van der Waals surface area contributed by atoms with Crippen LogP contribution in [0, 0.1) is 0 Å². The van der Waals surface area contributed by atoms with Crippen LogP contribution in [0.25, 0.3) is 0 Å². The Balaban J connectivity index is 2.88. The number of aliphatic hydroxyl groups is 2. The zero-order valence-corrected chi connectivity index (χ0v) is 9.42. The third kappa shape index (κ3) is 3.42. The van der Waals surface area contributed by atoms with Gasteiger partial charge in [-0.05, 0) is 30.1 Å². The summed E-state index contributed by atoms with van der Waals surface area (Å²) in [6.07, 6.45) is 0. The summed E-state index contributed by atoms with van der Waals surface area (Å²) in [4.78, 5) is 11.0. The maximum Gasteiger partial charge on any atom is 0.228 e. The van der Waals surface area contributed by atoms with Crippen molar-refractivity contribution in [2.75, 3.05) is 18.5 Å². The van der Waals surface area contributed by atoms with E-state index in [2.05, 4.69) is 20.3 Å². The van der Waals surface area contributed by atoms with Gasteiger partial charge in [-0.3, -0.25) is 0 Å². The summed E-state index contributed by atoms with van der Waals surface area (Å²) in [7, 11) is 0. The minimum absolute atomic E-state index is 0.0595. The van der Waals surface area contributed by atoms with Gasteiger partial charge in [0.05, 0.1) is 18.8 Å². The molecule has 1 aromatic rings. The minimum Gasteiger partial charge on any atom is -0.394 e. The van der Waals surface area contributed by atoms with Crippen LogP contribution in [0.15, 0.2) is 0 Å². The molecule has 0 fully saturated rings. The summed E-state index contributed by atoms with van der Waals surface area (Å²) >= 11 is 11.1. The molecule has 0 amide bonds. The average molecular weight is 253 g/mol. The molecule has 1 aromatic heterocycles. The number of aliphatic hydroxyl groups excluding tert-OH is 2. The first-order valence-electron chi connectivity index (χ1n) is 4.06. The van der Waals surface area contributed by atoms with Gasteiger partial charge in [0, 0.05) is 0 Å². The monoisotopic (exact) mass is 252 g/mol. The minimum atomic E-state index is -0.936. The van der Waals surface area contributed by atoms with Crippen LogP contribution in [0.2, 0.25) is 10.6 Å². The zero-order chi connectivity index (χ0) is 11.5. The van der Waals surface area contributed by atoms with Gasteiger partial charge in [-0.1, -0.05) is 0 Å². The normalized spacial score (nSPS) is 11.5. The molecule has 0 radical (unpaired) electrons. The summed E-state index contributed by atoms with van der Waals surface area (Å²) < 4.78 is 0. The Labute approximate surface area is 96.3 Å². The first-order chi connectivity index (χ1) is 6.99. The molecular formula is C7H10Cl2N4O2. The van der Waals surface area contributed by atoms with E-state index in [1.54, 1.807) is 6.92 Å². The van der Waals surface area contributed by atoms with Crippen molar-refractivity contribution in [1.82, 2.24) is 15.0 Å². The van der Waals surface area contributed by atoms with E-state index in [1.807, 2.05) is 0 Å². The lowest BCUT2D eigenvalue weighted by molar-refractivity contribution is 0.147. The van der Waals surface area contributed by atoms with Crippen molar-refractivity contribution in [1.29, 1.82) is 0 Å². The Morgan fingerprint density at radius 2 is 1.60 bits per heavy atom. The van der Waals surface area contributed by atoms with Crippen molar-refractivity contribution < 1.29 is 10.2 Å². The maximum atomic E-state index is 9.03. The summed E-state index contributed by atoms with van der Waals surface area (Å²) in [6.45, 7) is 1.02. The second kappa shape index (κ2) is 4.89. The van der Waals surface area contributed by atoms with Crippen molar-refractivity contribution in [3.8, 4) is 0 Å². The first-order valence-corrected chi connectivity index (χ1v) is 4.82. The largest absolute Gasteiger partial charge is 0.394 e. The number of nitrogens with one attached hydrogen (secondary N) is 1. The molecule has 0 aliphatic rings. The summed E-state index contributed by atoms with van der Waals surface area (Å²) in [5.41, 5.74) is -0.936. The van der Waals surface area contributed by atoms with Crippen LogP contribution >= 0.6 is 23.2 Å². The lowest BCUT2D eigenvalue weighted by atomic mass is 10.1. The van der Waals surface area contributed by atoms with Gasteiger partial charge in [0.2, 0.25) is 16.5 Å². The molecular weight excluding hydrogens is 243 g/mol. The van der Waals surface area contributed by atoms with E-state index in [1.165, 1.54) is 0 Å². The summed E-state index contributed by atoms with van der Waals surface area (Å²) in [6, 6.07) is 0. The number of aromatic nitrogens is 3. The Bertz CT molecular complexity index is 326. The molecule has 1 rings (SSSR count). The molecule has 0 spiro atoms. The van der Waals surface area contributed by atoms with Gasteiger partial charge in [0.1, 0.15) is 0 Å². The molecule has 0 aliphatic carbocycles. The number of hydrogen-bond acceptors (Lipinski definition) is 6. The Morgan fingerprint density at radius 3 is 2.00 bits per heavy atom. The van der Waals surface area contributed by atoms with Crippen molar-refractivity contribution in [3.05, 3.63) is 10.6 Å². The molecule has 1 heterocycles. The van der Waals surface area contributed by atoms with E-state index in [0.717, 1.165) is 0 Å². The predicted molar refractivity (Wildman–Crippen MR) is 56.0 cm³/mol. The Hall–Kier alpha value is -0.690. The smallest absolute Gasteiger partial charge is 0.228 e. The molecule has 0 unspecified atom stereocenters. The third-order valence-electron chi connectivity index (χ3n) is 1.69. The predicted octanol–water partition coefficient (Wildman–Crippen LogP) is 0.334. The van der Waals surface area contributed by atoms with Crippen LogP contribution < -0.4 is 5.32 Å². The van der Waals surface area contributed by atoms with Crippen LogP contribution in [-0.4, -0.2) is 43.9 Å². The van der Waals surface area contributed by atoms with Crippen LogP contribution in [0.4, 0.5) is 5.95 Å². The van der Waals surface area contributed by atoms with E-state index in [4.69, 9.17) is 33.4 Å². The molecule has 0 saturated carbocycles. The number of anilines is 1. The molecule has 0 aliphatic heterocycles. The fourth-order valence-corrected chi connectivity index (χ4v) is 1.14. The molecule has 3 N–H and O–H groups in total. The van der Waals surface area contributed by atoms with E-state index in [0.29, 0.717) is 0 Å². The van der Waals surface area contributed by atoms with Gasteiger partial charge >= 0.3 is 0 Å². The van der Waals surface area contributed by atoms with Crippen LogP contribution in [0.5, 0.6) is 0 Å². The van der Waals surface area contributed by atoms with Crippen molar-refractivity contribution in [2.45, 2.75) is 12.5 Å². The highest BCUT2D eigenvalue weighted by molar-refractivity contribution is 6.31. The standard InChI is InChI=1S/C7H10Cl2N4O2/c1-7(2-14,3-15)13-6-11-4(8)10-5(9)12-6/h14-15H,2-3H2,1H3,(H,10,11,12,13). The molecule has 0 bridgehead atoms. The number of halogens is 2. The van der Waals surface area contributed by atoms with Crippen molar-refractivity contribution in [2.24, 2.45) is 0 Å². The lowest BCUT2D eigenvalue weighted by Crippen LogP contribution is -2.43.